The SMILES string of the molecule is Cc1cccc(CN(C(=O)Cc2ccc(Cl)cc2Cl)[C@@H](C)C(=O)NC(C)C)c1. The van der Waals surface area contributed by atoms with E-state index in [-0.39, 0.29) is 24.3 Å². The molecule has 0 bridgehead atoms. The highest BCUT2D eigenvalue weighted by molar-refractivity contribution is 6.35. The van der Waals surface area contributed by atoms with Crippen molar-refractivity contribution < 1.29 is 9.59 Å². The number of carbonyl (C=O) groups is 2. The highest BCUT2D eigenvalue weighted by Gasteiger charge is 2.27. The maximum Gasteiger partial charge on any atom is 0.242 e. The summed E-state index contributed by atoms with van der Waals surface area (Å²) < 4.78 is 0. The van der Waals surface area contributed by atoms with Crippen molar-refractivity contribution in [2.45, 2.75) is 52.7 Å². The van der Waals surface area contributed by atoms with Crippen LogP contribution < -0.4 is 5.32 Å². The Kier molecular flexibility index (Phi) is 7.90. The van der Waals surface area contributed by atoms with Crippen LogP contribution in [0.3, 0.4) is 0 Å². The van der Waals surface area contributed by atoms with Gasteiger partial charge in [-0.3, -0.25) is 9.59 Å². The van der Waals surface area contributed by atoms with Gasteiger partial charge in [0.2, 0.25) is 11.8 Å². The van der Waals surface area contributed by atoms with E-state index in [1.807, 2.05) is 45.0 Å². The zero-order valence-electron chi connectivity index (χ0n) is 16.6. The minimum atomic E-state index is -0.610. The van der Waals surface area contributed by atoms with Crippen LogP contribution in [-0.4, -0.2) is 28.8 Å². The molecular formula is C22H26Cl2N2O2. The Hall–Kier alpha value is -2.04. The smallest absolute Gasteiger partial charge is 0.242 e. The number of nitrogens with one attached hydrogen (secondary N) is 1. The summed E-state index contributed by atoms with van der Waals surface area (Å²) in [4.78, 5) is 27.3. The first-order valence-electron chi connectivity index (χ1n) is 9.26. The summed E-state index contributed by atoms with van der Waals surface area (Å²) in [5.41, 5.74) is 2.76. The Labute approximate surface area is 176 Å². The quantitative estimate of drug-likeness (QED) is 0.699. The molecule has 4 nitrogen and oxygen atoms in total. The third kappa shape index (κ3) is 6.25. The van der Waals surface area contributed by atoms with Crippen molar-refractivity contribution in [3.05, 3.63) is 69.2 Å². The Morgan fingerprint density at radius 3 is 2.39 bits per heavy atom. The maximum atomic E-state index is 13.1. The van der Waals surface area contributed by atoms with Crippen molar-refractivity contribution in [1.29, 1.82) is 0 Å². The average molecular weight is 421 g/mol. The van der Waals surface area contributed by atoms with Crippen molar-refractivity contribution in [2.24, 2.45) is 0 Å². The van der Waals surface area contributed by atoms with Gasteiger partial charge in [0.1, 0.15) is 6.04 Å². The van der Waals surface area contributed by atoms with Crippen LogP contribution in [0.4, 0.5) is 0 Å². The van der Waals surface area contributed by atoms with Crippen LogP contribution in [0, 0.1) is 6.92 Å². The van der Waals surface area contributed by atoms with E-state index in [4.69, 9.17) is 23.2 Å². The summed E-state index contributed by atoms with van der Waals surface area (Å²) in [6.07, 6.45) is 0.0983. The average Bonchev–Trinajstić information content (AvgIpc) is 2.61. The van der Waals surface area contributed by atoms with E-state index in [0.29, 0.717) is 22.2 Å². The van der Waals surface area contributed by atoms with E-state index in [1.54, 1.807) is 30.0 Å². The fourth-order valence-electron chi connectivity index (χ4n) is 2.92. The topological polar surface area (TPSA) is 49.4 Å². The van der Waals surface area contributed by atoms with Crippen LogP contribution in [0.5, 0.6) is 0 Å². The van der Waals surface area contributed by atoms with Gasteiger partial charge in [0, 0.05) is 22.6 Å². The lowest BCUT2D eigenvalue weighted by Gasteiger charge is -2.29. The molecule has 0 aliphatic rings. The maximum absolute atomic E-state index is 13.1. The number of rotatable bonds is 7. The number of hydrogen-bond acceptors (Lipinski definition) is 2. The van der Waals surface area contributed by atoms with E-state index in [1.165, 1.54) is 0 Å². The van der Waals surface area contributed by atoms with Crippen LogP contribution in [0.25, 0.3) is 0 Å². The molecule has 150 valence electrons. The van der Waals surface area contributed by atoms with Gasteiger partial charge >= 0.3 is 0 Å². The van der Waals surface area contributed by atoms with Crippen LogP contribution in [-0.2, 0) is 22.6 Å². The van der Waals surface area contributed by atoms with Gasteiger partial charge in [-0.1, -0.05) is 59.1 Å². The predicted octanol–water partition coefficient (Wildman–Crippen LogP) is 4.79. The van der Waals surface area contributed by atoms with Gasteiger partial charge in [0.05, 0.1) is 6.42 Å². The molecule has 0 saturated carbocycles. The summed E-state index contributed by atoms with van der Waals surface area (Å²) in [6.45, 7) is 7.88. The van der Waals surface area contributed by atoms with Gasteiger partial charge in [-0.2, -0.15) is 0 Å². The largest absolute Gasteiger partial charge is 0.352 e. The van der Waals surface area contributed by atoms with Crippen molar-refractivity contribution in [2.75, 3.05) is 0 Å². The molecule has 0 fully saturated rings. The number of halogens is 2. The Bertz CT molecular complexity index is 852. The molecule has 2 aromatic rings. The number of benzene rings is 2. The van der Waals surface area contributed by atoms with Gasteiger partial charge in [-0.25, -0.2) is 0 Å². The molecule has 6 heteroatoms. The normalized spacial score (nSPS) is 12.0. The van der Waals surface area contributed by atoms with Gasteiger partial charge in [-0.15, -0.1) is 0 Å². The number of nitrogens with zero attached hydrogens (tertiary/aromatic N) is 1. The lowest BCUT2D eigenvalue weighted by atomic mass is 10.1. The van der Waals surface area contributed by atoms with Crippen LogP contribution >= 0.6 is 23.2 Å². The molecule has 0 heterocycles. The molecule has 0 saturated heterocycles. The lowest BCUT2D eigenvalue weighted by Crippen LogP contribution is -2.49. The fourth-order valence-corrected chi connectivity index (χ4v) is 3.40. The Balaban J connectivity index is 2.27. The number of amides is 2. The standard InChI is InChI=1S/C22H26Cl2N2O2/c1-14(2)25-22(28)16(4)26(13-17-7-5-6-15(3)10-17)21(27)11-18-8-9-19(23)12-20(18)24/h5-10,12,14,16H,11,13H2,1-4H3,(H,25,28)/t16-/m0/s1. The third-order valence-corrected chi connectivity index (χ3v) is 4.98. The van der Waals surface area contributed by atoms with Crippen molar-refractivity contribution >= 4 is 35.0 Å². The predicted molar refractivity (Wildman–Crippen MR) is 115 cm³/mol. The summed E-state index contributed by atoms with van der Waals surface area (Å²) in [5, 5.41) is 3.84. The molecule has 1 atom stereocenters. The highest BCUT2D eigenvalue weighted by Crippen LogP contribution is 2.23. The first kappa shape index (κ1) is 22.3. The zero-order valence-corrected chi connectivity index (χ0v) is 18.1. The van der Waals surface area contributed by atoms with Crippen molar-refractivity contribution in [3.63, 3.8) is 0 Å². The van der Waals surface area contributed by atoms with Gasteiger partial charge in [0.15, 0.2) is 0 Å². The number of carbonyl (C=O) groups excluding carboxylic acids is 2. The molecule has 2 aromatic carbocycles. The molecule has 0 aliphatic carbocycles. The molecular weight excluding hydrogens is 395 g/mol. The molecule has 28 heavy (non-hydrogen) atoms. The molecule has 2 rings (SSSR count). The summed E-state index contributed by atoms with van der Waals surface area (Å²) in [5.74, 6) is -0.352. The summed E-state index contributed by atoms with van der Waals surface area (Å²) >= 11 is 12.2. The van der Waals surface area contributed by atoms with Crippen LogP contribution in [0.15, 0.2) is 42.5 Å². The van der Waals surface area contributed by atoms with E-state index in [2.05, 4.69) is 5.32 Å². The second-order valence-corrected chi connectivity index (χ2v) is 8.11. The molecule has 0 unspecified atom stereocenters. The first-order valence-corrected chi connectivity index (χ1v) is 10.0. The van der Waals surface area contributed by atoms with E-state index < -0.39 is 6.04 Å². The van der Waals surface area contributed by atoms with Gasteiger partial charge < -0.3 is 10.2 Å². The molecule has 2 amide bonds. The number of hydrogen-bond donors (Lipinski definition) is 1. The number of aryl methyl sites for hydroxylation is 1. The lowest BCUT2D eigenvalue weighted by molar-refractivity contribution is -0.140. The minimum absolute atomic E-state index is 0.00317. The summed E-state index contributed by atoms with van der Waals surface area (Å²) in [6, 6.07) is 12.4. The summed E-state index contributed by atoms with van der Waals surface area (Å²) in [7, 11) is 0. The Morgan fingerprint density at radius 1 is 1.07 bits per heavy atom. The second kappa shape index (κ2) is 9.94. The minimum Gasteiger partial charge on any atom is -0.352 e. The van der Waals surface area contributed by atoms with Gasteiger partial charge in [0.25, 0.3) is 0 Å². The first-order chi connectivity index (χ1) is 13.2. The van der Waals surface area contributed by atoms with Gasteiger partial charge in [-0.05, 0) is 51.0 Å². The monoisotopic (exact) mass is 420 g/mol. The third-order valence-electron chi connectivity index (χ3n) is 4.39. The molecule has 0 aromatic heterocycles. The molecule has 0 aliphatic heterocycles. The molecule has 0 spiro atoms. The second-order valence-electron chi connectivity index (χ2n) is 7.26. The van der Waals surface area contributed by atoms with Crippen LogP contribution in [0.1, 0.15) is 37.5 Å². The molecule has 0 radical (unpaired) electrons. The van der Waals surface area contributed by atoms with Crippen molar-refractivity contribution in [1.82, 2.24) is 10.2 Å². The van der Waals surface area contributed by atoms with E-state index in [9.17, 15) is 9.59 Å². The highest BCUT2D eigenvalue weighted by atomic mass is 35.5. The van der Waals surface area contributed by atoms with Crippen molar-refractivity contribution in [3.8, 4) is 0 Å². The zero-order chi connectivity index (χ0) is 20.8. The van der Waals surface area contributed by atoms with E-state index >= 15 is 0 Å². The Morgan fingerprint density at radius 2 is 1.79 bits per heavy atom. The fraction of sp³-hybridized carbons (Fsp3) is 0.364. The molecule has 1 N–H and O–H groups in total. The van der Waals surface area contributed by atoms with Crippen LogP contribution in [0.2, 0.25) is 10.0 Å². The van der Waals surface area contributed by atoms with E-state index in [0.717, 1.165) is 11.1 Å².